The summed E-state index contributed by atoms with van der Waals surface area (Å²) in [6.07, 6.45) is 98.6. The van der Waals surface area contributed by atoms with E-state index in [2.05, 4.69) is 160 Å². The van der Waals surface area contributed by atoms with Gasteiger partial charge in [-0.3, -0.25) is 18.6 Å². The Balaban J connectivity index is 5.09. The van der Waals surface area contributed by atoms with Crippen LogP contribution in [0.3, 0.4) is 0 Å². The molecule has 0 spiro atoms. The number of amides is 1. The van der Waals surface area contributed by atoms with Crippen LogP contribution in [-0.4, -0.2) is 74.3 Å². The normalized spacial score (nSPS) is 14.3. The van der Waals surface area contributed by atoms with Crippen molar-refractivity contribution in [3.05, 3.63) is 146 Å². The zero-order valence-electron chi connectivity index (χ0n) is 58.8. The summed E-state index contributed by atoms with van der Waals surface area (Å²) in [6, 6.07) is -0.870. The zero-order valence-corrected chi connectivity index (χ0v) is 59.7. The van der Waals surface area contributed by atoms with Crippen molar-refractivity contribution < 1.29 is 37.3 Å². The highest BCUT2D eigenvalue weighted by atomic mass is 31.2. The molecule has 0 saturated carbocycles. The molecule has 0 aromatic carbocycles. The van der Waals surface area contributed by atoms with Crippen molar-refractivity contribution in [2.45, 2.75) is 309 Å². The SMILES string of the molecule is CC/C=C\C/C=C\C/C=C\C/C=C\C/C=C\C/C=C\CCCCCCCCC(=O)NC(COP(=O)(O)OCC[N+](C)(C)C)C(/C=C/CCCCCCCCCCCC)OC(=O)CCCCCCCCCCCCC/C=C\C/C=C\C/C=C\C/C=C\C/C=C\CC. The predicted octanol–water partition coefficient (Wildman–Crippen LogP) is 23.7. The summed E-state index contributed by atoms with van der Waals surface area (Å²) in [5.74, 6) is -0.530. The number of ether oxygens (including phenoxy) is 1. The van der Waals surface area contributed by atoms with Crippen molar-refractivity contribution in [3.63, 3.8) is 0 Å². The van der Waals surface area contributed by atoms with E-state index in [1.807, 2.05) is 33.3 Å². The topological polar surface area (TPSA) is 111 Å². The van der Waals surface area contributed by atoms with Gasteiger partial charge in [-0.2, -0.15) is 0 Å². The van der Waals surface area contributed by atoms with E-state index in [9.17, 15) is 19.0 Å². The second-order valence-corrected chi connectivity index (χ2v) is 26.8. The number of carbonyl (C=O) groups excluding carboxylic acids is 2. The van der Waals surface area contributed by atoms with Gasteiger partial charge in [-0.25, -0.2) is 4.57 Å². The molecule has 10 heteroatoms. The van der Waals surface area contributed by atoms with E-state index in [-0.39, 0.29) is 31.5 Å². The molecule has 0 radical (unpaired) electrons. The van der Waals surface area contributed by atoms with E-state index < -0.39 is 20.0 Å². The van der Waals surface area contributed by atoms with Crippen molar-refractivity contribution in [1.29, 1.82) is 0 Å². The van der Waals surface area contributed by atoms with Crippen LogP contribution in [0.15, 0.2) is 146 Å². The molecule has 0 rings (SSSR count). The van der Waals surface area contributed by atoms with E-state index in [1.54, 1.807) is 0 Å². The average Bonchev–Trinajstić information content (AvgIpc) is 3.11. The number of esters is 1. The Morgan fingerprint density at radius 3 is 1.07 bits per heavy atom. The summed E-state index contributed by atoms with van der Waals surface area (Å²) in [5.41, 5.74) is 0. The van der Waals surface area contributed by atoms with Crippen molar-refractivity contribution in [1.82, 2.24) is 5.32 Å². The maximum atomic E-state index is 13.6. The first-order valence-electron chi connectivity index (χ1n) is 36.7. The number of nitrogens with zero attached hydrogens (tertiary/aromatic N) is 1. The zero-order chi connectivity index (χ0) is 65.6. The number of nitrogens with one attached hydrogen (secondary N) is 1. The lowest BCUT2D eigenvalue weighted by Crippen LogP contribution is -2.47. The first-order valence-corrected chi connectivity index (χ1v) is 38.2. The highest BCUT2D eigenvalue weighted by Crippen LogP contribution is 2.43. The van der Waals surface area contributed by atoms with Crippen LogP contribution in [0.2, 0.25) is 0 Å². The van der Waals surface area contributed by atoms with Crippen LogP contribution in [0.4, 0.5) is 0 Å². The van der Waals surface area contributed by atoms with Gasteiger partial charge in [-0.05, 0) is 128 Å². The molecule has 0 aromatic rings. The summed E-state index contributed by atoms with van der Waals surface area (Å²) in [5, 5.41) is 3.06. The fraction of sp³-hybridized carbons (Fsp3) is 0.675. The lowest BCUT2D eigenvalue weighted by Gasteiger charge is -2.27. The molecule has 1 amide bonds. The van der Waals surface area contributed by atoms with Crippen LogP contribution in [0.25, 0.3) is 0 Å². The molecule has 90 heavy (non-hydrogen) atoms. The average molecular weight is 1270 g/mol. The monoisotopic (exact) mass is 1270 g/mol. The Morgan fingerprint density at radius 1 is 0.400 bits per heavy atom. The number of phosphoric ester groups is 1. The molecule has 0 fully saturated rings. The molecular weight excluding hydrogens is 1130 g/mol. The number of allylic oxidation sites excluding steroid dienone is 23. The molecule has 0 bridgehead atoms. The smallest absolute Gasteiger partial charge is 0.456 e. The molecule has 0 saturated heterocycles. The fourth-order valence-electron chi connectivity index (χ4n) is 9.97. The van der Waals surface area contributed by atoms with Crippen molar-refractivity contribution >= 4 is 19.7 Å². The van der Waals surface area contributed by atoms with Gasteiger partial charge in [0.05, 0.1) is 33.8 Å². The molecule has 0 heterocycles. The van der Waals surface area contributed by atoms with Gasteiger partial charge in [-0.1, -0.05) is 302 Å². The van der Waals surface area contributed by atoms with Crippen LogP contribution in [0.1, 0.15) is 297 Å². The highest BCUT2D eigenvalue weighted by Gasteiger charge is 2.30. The van der Waals surface area contributed by atoms with Gasteiger partial charge in [0.15, 0.2) is 0 Å². The Morgan fingerprint density at radius 2 is 0.711 bits per heavy atom. The number of carbonyl (C=O) groups is 2. The largest absolute Gasteiger partial charge is 0.472 e. The molecule has 9 nitrogen and oxygen atoms in total. The second kappa shape index (κ2) is 67.8. The first kappa shape index (κ1) is 85.9. The molecule has 2 N–H and O–H groups in total. The number of unbranched alkanes of at least 4 members (excludes halogenated alkanes) is 27. The number of likely N-dealkylation sites (N-methyl/N-ethyl adjacent to an activating group) is 1. The van der Waals surface area contributed by atoms with E-state index in [1.165, 1.54) is 96.3 Å². The number of phosphoric acid groups is 1. The summed E-state index contributed by atoms with van der Waals surface area (Å²) in [7, 11) is 1.47. The van der Waals surface area contributed by atoms with E-state index in [0.717, 1.165) is 167 Å². The molecule has 3 unspecified atom stereocenters. The summed E-state index contributed by atoms with van der Waals surface area (Å²) >= 11 is 0. The van der Waals surface area contributed by atoms with Crippen molar-refractivity contribution in [3.8, 4) is 0 Å². The Labute approximate surface area is 555 Å². The molecule has 0 aliphatic heterocycles. The lowest BCUT2D eigenvalue weighted by molar-refractivity contribution is -0.870. The molecule has 0 aromatic heterocycles. The van der Waals surface area contributed by atoms with Crippen LogP contribution in [0.5, 0.6) is 0 Å². The van der Waals surface area contributed by atoms with Crippen molar-refractivity contribution in [2.24, 2.45) is 0 Å². The summed E-state index contributed by atoms with van der Waals surface area (Å²) in [4.78, 5) is 38.0. The van der Waals surface area contributed by atoms with Gasteiger partial charge in [0.2, 0.25) is 5.91 Å². The standard InChI is InChI=1S/C80H137N2O7P/c1-7-10-13-16-19-22-25-28-30-32-34-36-38-40-41-43-45-47-49-51-53-55-58-61-64-67-70-73-80(84)89-78(71-68-65-62-59-56-27-24-21-18-15-12-9-3)77(76-88-90(85,86)87-75-74-82(4,5)6)81-79(83)72-69-66-63-60-57-54-52-50-48-46-44-42-39-37-35-33-31-29-26-23-20-17-14-11-8-2/h10-11,13-14,19-20,22-23,28-31,34-37,40-42,44,48,50,68,71,77-78H,7-9,12,15-18,21,24-27,32-33,38-39,43,45-47,49,51-67,69-70,72-76H2,1-6H3,(H-,81,83,85,86)/p+1/b13-10-,14-11-,22-19-,23-20-,30-28-,31-29-,36-34-,37-35-,41-40-,44-42-,50-48-,71-68+. The fourth-order valence-corrected chi connectivity index (χ4v) is 10.7. The predicted molar refractivity (Wildman–Crippen MR) is 392 cm³/mol. The number of rotatable bonds is 65. The van der Waals surface area contributed by atoms with E-state index in [4.69, 9.17) is 13.8 Å². The maximum Gasteiger partial charge on any atom is 0.472 e. The van der Waals surface area contributed by atoms with Gasteiger partial charge in [-0.15, -0.1) is 0 Å². The van der Waals surface area contributed by atoms with Gasteiger partial charge in [0, 0.05) is 12.8 Å². The van der Waals surface area contributed by atoms with Crippen LogP contribution in [0, 0.1) is 0 Å². The summed E-state index contributed by atoms with van der Waals surface area (Å²) in [6.45, 7) is 6.77. The van der Waals surface area contributed by atoms with Crippen LogP contribution >= 0.6 is 7.82 Å². The van der Waals surface area contributed by atoms with Gasteiger partial charge < -0.3 is 19.4 Å². The minimum atomic E-state index is -4.47. The van der Waals surface area contributed by atoms with Crippen molar-refractivity contribution in [2.75, 3.05) is 40.9 Å². The Kier molecular flexibility index (Phi) is 64.7. The van der Waals surface area contributed by atoms with Gasteiger partial charge in [0.1, 0.15) is 19.3 Å². The third-order valence-corrected chi connectivity index (χ3v) is 16.5. The quantitative estimate of drug-likeness (QED) is 0.0205. The van der Waals surface area contributed by atoms with Crippen LogP contribution in [-0.2, 0) is 27.9 Å². The molecule has 3 atom stereocenters. The summed E-state index contributed by atoms with van der Waals surface area (Å²) < 4.78 is 30.8. The van der Waals surface area contributed by atoms with E-state index in [0.29, 0.717) is 17.4 Å². The first-order chi connectivity index (χ1) is 43.9. The minimum Gasteiger partial charge on any atom is -0.456 e. The third-order valence-electron chi connectivity index (χ3n) is 15.5. The maximum absolute atomic E-state index is 13.6. The molecule has 514 valence electrons. The number of quaternary nitrogens is 1. The Hall–Kier alpha value is -4.11. The molecular formula is C80H138N2O7P+. The molecule has 0 aliphatic carbocycles. The van der Waals surface area contributed by atoms with E-state index >= 15 is 0 Å². The third kappa shape index (κ3) is 68.3. The van der Waals surface area contributed by atoms with Gasteiger partial charge in [0.25, 0.3) is 0 Å². The minimum absolute atomic E-state index is 0.0292. The highest BCUT2D eigenvalue weighted by molar-refractivity contribution is 7.47. The lowest BCUT2D eigenvalue weighted by atomic mass is 10.0. The Bertz CT molecular complexity index is 2050. The number of hydrogen-bond donors (Lipinski definition) is 2. The van der Waals surface area contributed by atoms with Gasteiger partial charge >= 0.3 is 13.8 Å². The second-order valence-electron chi connectivity index (χ2n) is 25.3. The van der Waals surface area contributed by atoms with Crippen LogP contribution < -0.4 is 5.32 Å². The molecule has 0 aliphatic rings. The number of hydrogen-bond acceptors (Lipinski definition) is 6.